The number of carbonyl (C=O) groups is 2. The fraction of sp³-hybridized carbons (Fsp3) is 0.429. The summed E-state index contributed by atoms with van der Waals surface area (Å²) in [6.45, 7) is 2.29. The Morgan fingerprint density at radius 3 is 2.58 bits per heavy atom. The van der Waals surface area contributed by atoms with Crippen LogP contribution in [0.2, 0.25) is 0 Å². The average Bonchev–Trinajstić information content (AvgIpc) is 2.37. The van der Waals surface area contributed by atoms with Crippen LogP contribution in [0.3, 0.4) is 0 Å². The third-order valence-electron chi connectivity index (χ3n) is 2.57. The molecule has 0 radical (unpaired) electrons. The van der Waals surface area contributed by atoms with Gasteiger partial charge in [0.2, 0.25) is 5.91 Å². The van der Waals surface area contributed by atoms with E-state index in [2.05, 4.69) is 5.32 Å². The van der Waals surface area contributed by atoms with Crippen LogP contribution in [0.15, 0.2) is 30.3 Å². The van der Waals surface area contributed by atoms with Crippen LogP contribution in [-0.4, -0.2) is 29.6 Å². The third kappa shape index (κ3) is 6.57. The third-order valence-corrected chi connectivity index (χ3v) is 2.57. The largest absolute Gasteiger partial charge is 0.480 e. The molecule has 1 aromatic carbocycles. The Hall–Kier alpha value is -1.88. The molecule has 0 aliphatic rings. The smallest absolute Gasteiger partial charge is 0.326 e. The highest BCUT2D eigenvalue weighted by molar-refractivity contribution is 5.81. The topological polar surface area (TPSA) is 75.6 Å². The lowest BCUT2D eigenvalue weighted by Gasteiger charge is -2.12. The predicted molar refractivity (Wildman–Crippen MR) is 70.6 cm³/mol. The van der Waals surface area contributed by atoms with E-state index in [0.717, 1.165) is 5.56 Å². The molecule has 2 N–H and O–H groups in total. The number of carboxylic acids is 1. The van der Waals surface area contributed by atoms with Crippen LogP contribution in [0.25, 0.3) is 0 Å². The highest BCUT2D eigenvalue weighted by Crippen LogP contribution is 2.03. The lowest BCUT2D eigenvalue weighted by molar-refractivity contribution is -0.141. The van der Waals surface area contributed by atoms with Crippen molar-refractivity contribution in [3.63, 3.8) is 0 Å². The van der Waals surface area contributed by atoms with Crippen LogP contribution in [-0.2, 0) is 20.9 Å². The summed E-state index contributed by atoms with van der Waals surface area (Å²) in [6.07, 6.45) is 0.952. The standard InChI is InChI=1S/C14H19NO4/c1-11(16)15-13(14(17)18)8-5-9-19-10-12-6-3-2-4-7-12/h2-4,6-7,13H,5,8-10H2,1H3,(H,15,16)(H,17,18). The number of nitrogens with one attached hydrogen (secondary N) is 1. The van der Waals surface area contributed by atoms with Crippen LogP contribution in [0.1, 0.15) is 25.3 Å². The van der Waals surface area contributed by atoms with Gasteiger partial charge in [0.15, 0.2) is 0 Å². The maximum atomic E-state index is 10.9. The van der Waals surface area contributed by atoms with Gasteiger partial charge >= 0.3 is 5.97 Å². The number of aliphatic carboxylic acids is 1. The molecule has 0 saturated heterocycles. The first kappa shape index (κ1) is 15.2. The predicted octanol–water partition coefficient (Wildman–Crippen LogP) is 1.57. The van der Waals surface area contributed by atoms with Gasteiger partial charge in [0.05, 0.1) is 6.61 Å². The van der Waals surface area contributed by atoms with Crippen LogP contribution in [0, 0.1) is 0 Å². The molecule has 1 unspecified atom stereocenters. The van der Waals surface area contributed by atoms with Crippen molar-refractivity contribution in [3.8, 4) is 0 Å². The Balaban J connectivity index is 2.18. The van der Waals surface area contributed by atoms with Crippen LogP contribution >= 0.6 is 0 Å². The number of benzene rings is 1. The monoisotopic (exact) mass is 265 g/mol. The zero-order valence-electron chi connectivity index (χ0n) is 11.0. The number of hydrogen-bond acceptors (Lipinski definition) is 3. The van der Waals surface area contributed by atoms with Crippen LogP contribution < -0.4 is 5.32 Å². The second kappa shape index (κ2) is 8.26. The molecule has 104 valence electrons. The van der Waals surface area contributed by atoms with Gasteiger partial charge in [-0.1, -0.05) is 30.3 Å². The lowest BCUT2D eigenvalue weighted by atomic mass is 10.1. The summed E-state index contributed by atoms with van der Waals surface area (Å²) < 4.78 is 5.45. The summed E-state index contributed by atoms with van der Waals surface area (Å²) in [5.74, 6) is -1.35. The Kier molecular flexibility index (Phi) is 6.60. The first-order chi connectivity index (χ1) is 9.09. The van der Waals surface area contributed by atoms with Gasteiger partial charge in [-0.05, 0) is 18.4 Å². The molecule has 5 heteroatoms. The molecule has 0 heterocycles. The number of hydrogen-bond donors (Lipinski definition) is 2. The SMILES string of the molecule is CC(=O)NC(CCCOCc1ccccc1)C(=O)O. The number of ether oxygens (including phenoxy) is 1. The van der Waals surface area contributed by atoms with Crippen molar-refractivity contribution in [1.82, 2.24) is 5.32 Å². The van der Waals surface area contributed by atoms with E-state index in [1.807, 2.05) is 30.3 Å². The number of amides is 1. The van der Waals surface area contributed by atoms with Crippen molar-refractivity contribution in [2.24, 2.45) is 0 Å². The van der Waals surface area contributed by atoms with Gasteiger partial charge in [0, 0.05) is 13.5 Å². The quantitative estimate of drug-likeness (QED) is 0.700. The molecule has 0 aliphatic carbocycles. The van der Waals surface area contributed by atoms with E-state index < -0.39 is 12.0 Å². The van der Waals surface area contributed by atoms with Crippen LogP contribution in [0.4, 0.5) is 0 Å². The van der Waals surface area contributed by atoms with Crippen LogP contribution in [0.5, 0.6) is 0 Å². The van der Waals surface area contributed by atoms with E-state index in [1.54, 1.807) is 0 Å². The van der Waals surface area contributed by atoms with Gasteiger partial charge in [-0.2, -0.15) is 0 Å². The number of carbonyl (C=O) groups excluding carboxylic acids is 1. The van der Waals surface area contributed by atoms with Crippen molar-refractivity contribution in [3.05, 3.63) is 35.9 Å². The second-order valence-corrected chi connectivity index (χ2v) is 4.27. The molecule has 1 atom stereocenters. The molecule has 0 aromatic heterocycles. The Morgan fingerprint density at radius 1 is 1.32 bits per heavy atom. The van der Waals surface area contributed by atoms with E-state index >= 15 is 0 Å². The summed E-state index contributed by atoms with van der Waals surface area (Å²) in [7, 11) is 0. The highest BCUT2D eigenvalue weighted by Gasteiger charge is 2.17. The fourth-order valence-electron chi connectivity index (χ4n) is 1.66. The molecule has 5 nitrogen and oxygen atoms in total. The Labute approximate surface area is 112 Å². The van der Waals surface area contributed by atoms with Crippen molar-refractivity contribution in [2.75, 3.05) is 6.61 Å². The van der Waals surface area contributed by atoms with Crippen molar-refractivity contribution >= 4 is 11.9 Å². The molecule has 19 heavy (non-hydrogen) atoms. The summed E-state index contributed by atoms with van der Waals surface area (Å²) in [5, 5.41) is 11.3. The van der Waals surface area contributed by atoms with E-state index in [-0.39, 0.29) is 5.91 Å². The first-order valence-electron chi connectivity index (χ1n) is 6.21. The Bertz CT molecular complexity index is 405. The van der Waals surface area contributed by atoms with Crippen molar-refractivity contribution < 1.29 is 19.4 Å². The van der Waals surface area contributed by atoms with E-state index in [1.165, 1.54) is 6.92 Å². The van der Waals surface area contributed by atoms with Gasteiger partial charge in [0.25, 0.3) is 0 Å². The van der Waals surface area contributed by atoms with E-state index in [9.17, 15) is 9.59 Å². The number of carboxylic acid groups (broad SMARTS) is 1. The molecule has 0 saturated carbocycles. The van der Waals surface area contributed by atoms with Gasteiger partial charge in [-0.25, -0.2) is 4.79 Å². The zero-order chi connectivity index (χ0) is 14.1. The lowest BCUT2D eigenvalue weighted by Crippen LogP contribution is -2.39. The molecule has 1 aromatic rings. The molecule has 1 rings (SSSR count). The minimum atomic E-state index is -1.02. The molecule has 0 fully saturated rings. The normalized spacial score (nSPS) is 11.8. The van der Waals surface area contributed by atoms with Crippen molar-refractivity contribution in [2.45, 2.75) is 32.4 Å². The fourth-order valence-corrected chi connectivity index (χ4v) is 1.66. The summed E-state index contributed by atoms with van der Waals surface area (Å²) in [5.41, 5.74) is 1.08. The van der Waals surface area contributed by atoms with Gasteiger partial charge < -0.3 is 15.2 Å². The molecule has 0 bridgehead atoms. The molecule has 0 spiro atoms. The van der Waals surface area contributed by atoms with Gasteiger partial charge in [-0.15, -0.1) is 0 Å². The van der Waals surface area contributed by atoms with Crippen molar-refractivity contribution in [1.29, 1.82) is 0 Å². The highest BCUT2D eigenvalue weighted by atomic mass is 16.5. The summed E-state index contributed by atoms with van der Waals surface area (Å²) in [4.78, 5) is 21.7. The second-order valence-electron chi connectivity index (χ2n) is 4.27. The summed E-state index contributed by atoms with van der Waals surface area (Å²) in [6, 6.07) is 8.92. The number of rotatable bonds is 8. The summed E-state index contributed by atoms with van der Waals surface area (Å²) >= 11 is 0. The minimum absolute atomic E-state index is 0.336. The maximum absolute atomic E-state index is 10.9. The zero-order valence-corrected chi connectivity index (χ0v) is 11.0. The average molecular weight is 265 g/mol. The molecule has 0 aliphatic heterocycles. The van der Waals surface area contributed by atoms with Gasteiger partial charge in [-0.3, -0.25) is 4.79 Å². The first-order valence-corrected chi connectivity index (χ1v) is 6.21. The molecule has 1 amide bonds. The van der Waals surface area contributed by atoms with Gasteiger partial charge in [0.1, 0.15) is 6.04 Å². The Morgan fingerprint density at radius 2 is 2.00 bits per heavy atom. The van der Waals surface area contributed by atoms with E-state index in [4.69, 9.17) is 9.84 Å². The maximum Gasteiger partial charge on any atom is 0.326 e. The van der Waals surface area contributed by atoms with E-state index in [0.29, 0.717) is 26.1 Å². The molecular formula is C14H19NO4. The molecular weight excluding hydrogens is 246 g/mol. The minimum Gasteiger partial charge on any atom is -0.480 e.